The Kier molecular flexibility index (Phi) is 7.00. The Balaban J connectivity index is 1.95. The average Bonchev–Trinajstić information content (AvgIpc) is 2.99. The lowest BCUT2D eigenvalue weighted by Gasteiger charge is -2.17. The average molecular weight is 352 g/mol. The molecule has 0 aliphatic carbocycles. The minimum atomic E-state index is 0.492. The first-order valence-electron chi connectivity index (χ1n) is 7.25. The number of benzene rings is 1. The Morgan fingerprint density at radius 1 is 1.19 bits per heavy atom. The van der Waals surface area contributed by atoms with E-state index in [1.807, 2.05) is 18.2 Å². The van der Waals surface area contributed by atoms with Crippen molar-refractivity contribution in [3.63, 3.8) is 0 Å². The summed E-state index contributed by atoms with van der Waals surface area (Å²) in [5.41, 5.74) is 1.34. The van der Waals surface area contributed by atoms with E-state index in [4.69, 9.17) is 9.15 Å². The van der Waals surface area contributed by atoms with Crippen molar-refractivity contribution >= 4 is 15.9 Å². The zero-order chi connectivity index (χ0) is 14.9. The Labute approximate surface area is 134 Å². The molecule has 1 heterocycles. The molecule has 0 radical (unpaired) electrons. The highest BCUT2D eigenvalue weighted by Crippen LogP contribution is 2.21. The van der Waals surface area contributed by atoms with Crippen LogP contribution in [-0.4, -0.2) is 26.8 Å². The summed E-state index contributed by atoms with van der Waals surface area (Å²) in [7, 11) is 1.73. The second kappa shape index (κ2) is 9.03. The molecule has 0 amide bonds. The molecule has 1 aromatic heterocycles. The highest BCUT2D eigenvalue weighted by molar-refractivity contribution is 9.10. The molecule has 0 spiro atoms. The zero-order valence-electron chi connectivity index (χ0n) is 12.3. The Bertz CT molecular complexity index is 513. The van der Waals surface area contributed by atoms with Crippen LogP contribution in [0.1, 0.15) is 11.3 Å². The molecule has 0 aliphatic rings. The fourth-order valence-electron chi connectivity index (χ4n) is 2.39. The number of halogens is 1. The fourth-order valence-corrected chi connectivity index (χ4v) is 2.83. The number of ether oxygens (including phenoxy) is 1. The molecular weight excluding hydrogens is 330 g/mol. The molecule has 114 valence electrons. The summed E-state index contributed by atoms with van der Waals surface area (Å²) in [6.45, 7) is 2.56. The molecule has 3 nitrogen and oxygen atoms in total. The highest BCUT2D eigenvalue weighted by atomic mass is 79.9. The van der Waals surface area contributed by atoms with Crippen molar-refractivity contribution in [1.29, 1.82) is 0 Å². The molecule has 0 saturated heterocycles. The standard InChI is InChI=1S/C17H22BrNO2/c1-20-10-8-19-13-14(12-16-6-4-9-21-16)11-15-5-2-3-7-17(15)18/h2-7,9,14,19H,8,10-13H2,1H3. The number of methoxy groups -OCH3 is 1. The Morgan fingerprint density at radius 3 is 2.76 bits per heavy atom. The zero-order valence-corrected chi connectivity index (χ0v) is 13.9. The fraction of sp³-hybridized carbons (Fsp3) is 0.412. The summed E-state index contributed by atoms with van der Waals surface area (Å²) in [4.78, 5) is 0. The number of furan rings is 1. The molecule has 1 aromatic carbocycles. The molecule has 2 aromatic rings. The van der Waals surface area contributed by atoms with Crippen LogP contribution in [0.25, 0.3) is 0 Å². The maximum Gasteiger partial charge on any atom is 0.104 e. The van der Waals surface area contributed by atoms with Gasteiger partial charge in [-0.15, -0.1) is 0 Å². The van der Waals surface area contributed by atoms with Gasteiger partial charge in [-0.1, -0.05) is 34.1 Å². The molecule has 0 bridgehead atoms. The van der Waals surface area contributed by atoms with Gasteiger partial charge >= 0.3 is 0 Å². The van der Waals surface area contributed by atoms with Gasteiger partial charge in [-0.05, 0) is 42.6 Å². The molecule has 2 rings (SSSR count). The van der Waals surface area contributed by atoms with Crippen LogP contribution < -0.4 is 5.32 Å². The van der Waals surface area contributed by atoms with Crippen molar-refractivity contribution in [1.82, 2.24) is 5.32 Å². The minimum Gasteiger partial charge on any atom is -0.469 e. The lowest BCUT2D eigenvalue weighted by atomic mass is 9.95. The molecule has 1 unspecified atom stereocenters. The molecule has 0 fully saturated rings. The molecule has 1 N–H and O–H groups in total. The van der Waals surface area contributed by atoms with Crippen LogP contribution >= 0.6 is 15.9 Å². The van der Waals surface area contributed by atoms with Gasteiger partial charge in [0, 0.05) is 24.5 Å². The van der Waals surface area contributed by atoms with Crippen LogP contribution in [0, 0.1) is 5.92 Å². The smallest absolute Gasteiger partial charge is 0.104 e. The topological polar surface area (TPSA) is 34.4 Å². The van der Waals surface area contributed by atoms with Gasteiger partial charge in [-0.25, -0.2) is 0 Å². The van der Waals surface area contributed by atoms with Gasteiger partial charge in [-0.3, -0.25) is 0 Å². The van der Waals surface area contributed by atoms with Crippen molar-refractivity contribution in [3.8, 4) is 0 Å². The summed E-state index contributed by atoms with van der Waals surface area (Å²) < 4.78 is 11.7. The van der Waals surface area contributed by atoms with Crippen molar-refractivity contribution < 1.29 is 9.15 Å². The maximum atomic E-state index is 5.50. The monoisotopic (exact) mass is 351 g/mol. The summed E-state index contributed by atoms with van der Waals surface area (Å²) in [6.07, 6.45) is 3.69. The largest absolute Gasteiger partial charge is 0.469 e. The molecule has 0 aliphatic heterocycles. The number of hydrogen-bond donors (Lipinski definition) is 1. The molecular formula is C17H22BrNO2. The van der Waals surface area contributed by atoms with Crippen LogP contribution in [-0.2, 0) is 17.6 Å². The summed E-state index contributed by atoms with van der Waals surface area (Å²) >= 11 is 3.63. The second-order valence-corrected chi connectivity index (χ2v) is 6.00. The van der Waals surface area contributed by atoms with Crippen molar-refractivity contribution in [2.24, 2.45) is 5.92 Å². The van der Waals surface area contributed by atoms with Gasteiger partial charge in [0.15, 0.2) is 0 Å². The first-order valence-corrected chi connectivity index (χ1v) is 8.04. The number of hydrogen-bond acceptors (Lipinski definition) is 3. The normalized spacial score (nSPS) is 12.5. The molecule has 0 saturated carbocycles. The third kappa shape index (κ3) is 5.65. The van der Waals surface area contributed by atoms with Crippen molar-refractivity contribution in [2.45, 2.75) is 12.8 Å². The minimum absolute atomic E-state index is 0.492. The highest BCUT2D eigenvalue weighted by Gasteiger charge is 2.13. The number of nitrogens with one attached hydrogen (secondary N) is 1. The van der Waals surface area contributed by atoms with Crippen LogP contribution in [0.3, 0.4) is 0 Å². The van der Waals surface area contributed by atoms with Crippen LogP contribution in [0.4, 0.5) is 0 Å². The van der Waals surface area contributed by atoms with E-state index in [9.17, 15) is 0 Å². The van der Waals surface area contributed by atoms with Gasteiger partial charge in [0.2, 0.25) is 0 Å². The van der Waals surface area contributed by atoms with E-state index < -0.39 is 0 Å². The quantitative estimate of drug-likeness (QED) is 0.699. The van der Waals surface area contributed by atoms with E-state index in [0.29, 0.717) is 5.92 Å². The van der Waals surface area contributed by atoms with E-state index >= 15 is 0 Å². The van der Waals surface area contributed by atoms with E-state index in [-0.39, 0.29) is 0 Å². The summed E-state index contributed by atoms with van der Waals surface area (Å²) in [5.74, 6) is 1.53. The lowest BCUT2D eigenvalue weighted by Crippen LogP contribution is -2.28. The SMILES string of the molecule is COCCNCC(Cc1ccco1)Cc1ccccc1Br. The van der Waals surface area contributed by atoms with E-state index in [0.717, 1.165) is 38.3 Å². The van der Waals surface area contributed by atoms with Gasteiger partial charge < -0.3 is 14.5 Å². The number of rotatable bonds is 9. The second-order valence-electron chi connectivity index (χ2n) is 5.14. The van der Waals surface area contributed by atoms with Crippen LogP contribution in [0.2, 0.25) is 0 Å². The Hall–Kier alpha value is -1.10. The maximum absolute atomic E-state index is 5.50. The molecule has 4 heteroatoms. The lowest BCUT2D eigenvalue weighted by molar-refractivity contribution is 0.197. The summed E-state index contributed by atoms with van der Waals surface area (Å²) in [5, 5.41) is 3.46. The van der Waals surface area contributed by atoms with Crippen molar-refractivity contribution in [3.05, 3.63) is 58.5 Å². The molecule has 1 atom stereocenters. The third-order valence-electron chi connectivity index (χ3n) is 3.45. The van der Waals surface area contributed by atoms with E-state index in [1.165, 1.54) is 10.0 Å². The van der Waals surface area contributed by atoms with E-state index in [2.05, 4.69) is 39.4 Å². The van der Waals surface area contributed by atoms with Crippen molar-refractivity contribution in [2.75, 3.05) is 26.8 Å². The van der Waals surface area contributed by atoms with Crippen LogP contribution in [0.5, 0.6) is 0 Å². The predicted molar refractivity (Wildman–Crippen MR) is 88.5 cm³/mol. The Morgan fingerprint density at radius 2 is 2.05 bits per heavy atom. The van der Waals surface area contributed by atoms with Gasteiger partial charge in [0.25, 0.3) is 0 Å². The van der Waals surface area contributed by atoms with Crippen LogP contribution in [0.15, 0.2) is 51.6 Å². The predicted octanol–water partition coefficient (Wildman–Crippen LogP) is 3.68. The van der Waals surface area contributed by atoms with E-state index in [1.54, 1.807) is 13.4 Å². The third-order valence-corrected chi connectivity index (χ3v) is 4.23. The summed E-state index contributed by atoms with van der Waals surface area (Å²) in [6, 6.07) is 12.4. The van der Waals surface area contributed by atoms with Gasteiger partial charge in [0.1, 0.15) is 5.76 Å². The van der Waals surface area contributed by atoms with Gasteiger partial charge in [0.05, 0.1) is 12.9 Å². The first kappa shape index (κ1) is 16.3. The first-order chi connectivity index (χ1) is 10.3. The molecule has 21 heavy (non-hydrogen) atoms. The van der Waals surface area contributed by atoms with Gasteiger partial charge in [-0.2, -0.15) is 0 Å².